The molecule has 1 aliphatic rings. The fourth-order valence-corrected chi connectivity index (χ4v) is 2.72. The van der Waals surface area contributed by atoms with Crippen molar-refractivity contribution in [2.45, 2.75) is 32.1 Å². The van der Waals surface area contributed by atoms with Crippen molar-refractivity contribution in [1.82, 2.24) is 0 Å². The number of nitrogens with zero attached hydrogens (tertiary/aromatic N) is 1. The largest absolute Gasteiger partial charge is 0.387 e. The van der Waals surface area contributed by atoms with E-state index in [1.54, 1.807) is 0 Å². The van der Waals surface area contributed by atoms with Crippen LogP contribution in [-0.2, 0) is 0 Å². The molecule has 0 atom stereocenters. The van der Waals surface area contributed by atoms with Gasteiger partial charge in [-0.05, 0) is 25.0 Å². The Morgan fingerprint density at radius 3 is 2.28 bits per heavy atom. The molecule has 2 N–H and O–H groups in total. The number of nitrogens with two attached hydrogens (primary N) is 1. The van der Waals surface area contributed by atoms with Crippen LogP contribution in [0.25, 0.3) is 0 Å². The number of rotatable bonds is 2. The summed E-state index contributed by atoms with van der Waals surface area (Å²) in [5.74, 6) is 0.295. The van der Waals surface area contributed by atoms with Gasteiger partial charge in [-0.15, -0.1) is 0 Å². The standard InChI is InChI=1S/C13H15Cl2FN2/c14-10-6-9(7-11(15)12(10)16)18-13(17)8-4-2-1-3-5-8/h6-8H,1-5H2,(H2,17,18). The molecule has 0 amide bonds. The summed E-state index contributed by atoms with van der Waals surface area (Å²) in [6.07, 6.45) is 5.77. The zero-order valence-corrected chi connectivity index (χ0v) is 11.4. The van der Waals surface area contributed by atoms with Crippen LogP contribution in [0.2, 0.25) is 10.0 Å². The molecular formula is C13H15Cl2FN2. The van der Waals surface area contributed by atoms with Crippen LogP contribution < -0.4 is 5.73 Å². The Morgan fingerprint density at radius 1 is 1.17 bits per heavy atom. The summed E-state index contributed by atoms with van der Waals surface area (Å²) in [4.78, 5) is 4.30. The van der Waals surface area contributed by atoms with Gasteiger partial charge in [-0.1, -0.05) is 42.5 Å². The molecule has 0 aromatic heterocycles. The minimum atomic E-state index is -0.617. The molecule has 1 saturated carbocycles. The summed E-state index contributed by atoms with van der Waals surface area (Å²) in [6.45, 7) is 0. The van der Waals surface area contributed by atoms with Crippen molar-refractivity contribution in [1.29, 1.82) is 0 Å². The molecule has 0 saturated heterocycles. The molecule has 0 bridgehead atoms. The van der Waals surface area contributed by atoms with E-state index in [2.05, 4.69) is 4.99 Å². The van der Waals surface area contributed by atoms with E-state index in [4.69, 9.17) is 28.9 Å². The average Bonchev–Trinajstić information content (AvgIpc) is 2.37. The van der Waals surface area contributed by atoms with Crippen LogP contribution in [0.5, 0.6) is 0 Å². The minimum absolute atomic E-state index is 0.0299. The molecular weight excluding hydrogens is 274 g/mol. The van der Waals surface area contributed by atoms with Gasteiger partial charge in [0.25, 0.3) is 0 Å². The van der Waals surface area contributed by atoms with Gasteiger partial charge in [0.15, 0.2) is 5.82 Å². The Hall–Kier alpha value is -0.800. The van der Waals surface area contributed by atoms with Crippen LogP contribution in [0.4, 0.5) is 10.1 Å². The monoisotopic (exact) mass is 288 g/mol. The number of halogens is 3. The van der Waals surface area contributed by atoms with E-state index < -0.39 is 5.82 Å². The van der Waals surface area contributed by atoms with Gasteiger partial charge in [-0.3, -0.25) is 0 Å². The van der Waals surface area contributed by atoms with Gasteiger partial charge in [0.1, 0.15) is 5.84 Å². The van der Waals surface area contributed by atoms with Crippen LogP contribution in [-0.4, -0.2) is 5.84 Å². The molecule has 0 radical (unpaired) electrons. The van der Waals surface area contributed by atoms with E-state index in [1.165, 1.54) is 31.4 Å². The number of hydrogen-bond acceptors (Lipinski definition) is 1. The van der Waals surface area contributed by atoms with E-state index >= 15 is 0 Å². The topological polar surface area (TPSA) is 38.4 Å². The third kappa shape index (κ3) is 3.15. The van der Waals surface area contributed by atoms with Crippen LogP contribution in [0.1, 0.15) is 32.1 Å². The molecule has 1 fully saturated rings. The Balaban J connectivity index is 2.21. The molecule has 1 aromatic rings. The molecule has 98 valence electrons. The molecule has 0 heterocycles. The Morgan fingerprint density at radius 2 is 1.72 bits per heavy atom. The highest BCUT2D eigenvalue weighted by molar-refractivity contribution is 6.35. The number of amidine groups is 1. The lowest BCUT2D eigenvalue weighted by molar-refractivity contribution is 0.437. The normalized spacial score (nSPS) is 18.1. The van der Waals surface area contributed by atoms with Crippen molar-refractivity contribution in [3.63, 3.8) is 0 Å². The van der Waals surface area contributed by atoms with Gasteiger partial charge in [0, 0.05) is 5.92 Å². The Labute approximate surface area is 116 Å². The summed E-state index contributed by atoms with van der Waals surface area (Å²) in [5.41, 5.74) is 6.50. The van der Waals surface area contributed by atoms with E-state index in [0.717, 1.165) is 12.8 Å². The first-order chi connectivity index (χ1) is 8.58. The maximum absolute atomic E-state index is 13.3. The molecule has 0 unspecified atom stereocenters. The predicted molar refractivity (Wildman–Crippen MR) is 74.3 cm³/mol. The summed E-state index contributed by atoms with van der Waals surface area (Å²) in [6, 6.07) is 2.89. The summed E-state index contributed by atoms with van der Waals surface area (Å²) >= 11 is 11.4. The number of aliphatic imine (C=N–C) groups is 1. The smallest absolute Gasteiger partial charge is 0.160 e. The van der Waals surface area contributed by atoms with Gasteiger partial charge in [-0.25, -0.2) is 9.38 Å². The van der Waals surface area contributed by atoms with E-state index in [9.17, 15) is 4.39 Å². The third-order valence-electron chi connectivity index (χ3n) is 3.25. The first-order valence-corrected chi connectivity index (χ1v) is 6.82. The molecule has 1 aromatic carbocycles. The Bertz CT molecular complexity index is 445. The minimum Gasteiger partial charge on any atom is -0.387 e. The molecule has 2 nitrogen and oxygen atoms in total. The van der Waals surface area contributed by atoms with Crippen molar-refractivity contribution in [3.05, 3.63) is 28.0 Å². The maximum atomic E-state index is 13.3. The maximum Gasteiger partial charge on any atom is 0.160 e. The van der Waals surface area contributed by atoms with E-state index in [0.29, 0.717) is 17.4 Å². The van der Waals surface area contributed by atoms with Gasteiger partial charge in [-0.2, -0.15) is 0 Å². The molecule has 1 aliphatic carbocycles. The van der Waals surface area contributed by atoms with Crippen molar-refractivity contribution in [2.24, 2.45) is 16.6 Å². The summed E-state index contributed by atoms with van der Waals surface area (Å²) in [5, 5.41) is -0.0598. The van der Waals surface area contributed by atoms with Crippen LogP contribution >= 0.6 is 23.2 Å². The first-order valence-electron chi connectivity index (χ1n) is 6.06. The highest BCUT2D eigenvalue weighted by atomic mass is 35.5. The van der Waals surface area contributed by atoms with Crippen molar-refractivity contribution < 1.29 is 4.39 Å². The van der Waals surface area contributed by atoms with E-state index in [-0.39, 0.29) is 10.0 Å². The quantitative estimate of drug-likeness (QED) is 0.478. The van der Waals surface area contributed by atoms with E-state index in [1.807, 2.05) is 0 Å². The molecule has 2 rings (SSSR count). The van der Waals surface area contributed by atoms with Crippen molar-refractivity contribution in [2.75, 3.05) is 0 Å². The zero-order chi connectivity index (χ0) is 13.1. The van der Waals surface area contributed by atoms with Crippen molar-refractivity contribution in [3.8, 4) is 0 Å². The van der Waals surface area contributed by atoms with Gasteiger partial charge < -0.3 is 5.73 Å². The lowest BCUT2D eigenvalue weighted by atomic mass is 9.88. The molecule has 0 aliphatic heterocycles. The van der Waals surface area contributed by atoms with Gasteiger partial charge in [0.05, 0.1) is 15.7 Å². The zero-order valence-electron chi connectivity index (χ0n) is 9.93. The third-order valence-corrected chi connectivity index (χ3v) is 3.80. The second-order valence-electron chi connectivity index (χ2n) is 4.60. The fraction of sp³-hybridized carbons (Fsp3) is 0.462. The lowest BCUT2D eigenvalue weighted by Crippen LogP contribution is -2.25. The van der Waals surface area contributed by atoms with Crippen molar-refractivity contribution >= 4 is 34.7 Å². The molecule has 5 heteroatoms. The number of hydrogen-bond donors (Lipinski definition) is 1. The average molecular weight is 289 g/mol. The predicted octanol–water partition coefficient (Wildman–Crippen LogP) is 4.70. The van der Waals surface area contributed by atoms with Gasteiger partial charge >= 0.3 is 0 Å². The lowest BCUT2D eigenvalue weighted by Gasteiger charge is -2.20. The summed E-state index contributed by atoms with van der Waals surface area (Å²) in [7, 11) is 0. The highest BCUT2D eigenvalue weighted by Crippen LogP contribution is 2.30. The number of benzene rings is 1. The van der Waals surface area contributed by atoms with Gasteiger partial charge in [0.2, 0.25) is 0 Å². The van der Waals surface area contributed by atoms with Crippen LogP contribution in [0.3, 0.4) is 0 Å². The molecule has 0 spiro atoms. The SMILES string of the molecule is NC(=Nc1cc(Cl)c(F)c(Cl)c1)C1CCCCC1. The molecule has 18 heavy (non-hydrogen) atoms. The second-order valence-corrected chi connectivity index (χ2v) is 5.41. The first kappa shape index (κ1) is 13.6. The Kier molecular flexibility index (Phi) is 4.46. The van der Waals surface area contributed by atoms with Crippen LogP contribution in [0, 0.1) is 11.7 Å². The highest BCUT2D eigenvalue weighted by Gasteiger charge is 2.17. The summed E-state index contributed by atoms with van der Waals surface area (Å²) < 4.78 is 13.3. The fourth-order valence-electron chi connectivity index (χ4n) is 2.25. The van der Waals surface area contributed by atoms with Crippen LogP contribution in [0.15, 0.2) is 17.1 Å². The second kappa shape index (κ2) is 5.89.